The molecule has 1 aliphatic heterocycles. The second-order valence-corrected chi connectivity index (χ2v) is 6.66. The summed E-state index contributed by atoms with van der Waals surface area (Å²) < 4.78 is 1.86. The first kappa shape index (κ1) is 15.4. The highest BCUT2D eigenvalue weighted by Gasteiger charge is 2.19. The summed E-state index contributed by atoms with van der Waals surface area (Å²) in [5, 5.41) is 8.96. The number of hydrogen-bond acceptors (Lipinski definition) is 4. The molecule has 3 heterocycles. The van der Waals surface area contributed by atoms with Gasteiger partial charge in [0.25, 0.3) is 0 Å². The number of fused-ring (bicyclic) bond motifs is 1. The van der Waals surface area contributed by atoms with E-state index in [1.54, 1.807) is 12.7 Å². The molecule has 4 rings (SSSR count). The van der Waals surface area contributed by atoms with Crippen molar-refractivity contribution < 1.29 is 0 Å². The molecule has 24 heavy (non-hydrogen) atoms. The van der Waals surface area contributed by atoms with Gasteiger partial charge < -0.3 is 15.2 Å². The lowest BCUT2D eigenvalue weighted by molar-refractivity contribution is 0.260. The fourth-order valence-corrected chi connectivity index (χ4v) is 3.53. The van der Waals surface area contributed by atoms with Crippen LogP contribution in [0.15, 0.2) is 37.1 Å². The molecule has 2 aromatic heterocycles. The molecule has 1 atom stereocenters. The first-order chi connectivity index (χ1) is 11.8. The summed E-state index contributed by atoms with van der Waals surface area (Å²) in [6.07, 6.45) is 7.82. The van der Waals surface area contributed by atoms with Crippen LogP contribution < -0.4 is 5.32 Å². The Bertz CT molecular complexity index is 785. The average molecular weight is 324 g/mol. The molecule has 126 valence electrons. The van der Waals surface area contributed by atoms with Gasteiger partial charge in [0.2, 0.25) is 0 Å². The van der Waals surface area contributed by atoms with Gasteiger partial charge in [0.1, 0.15) is 12.7 Å². The lowest BCUT2D eigenvalue weighted by Crippen LogP contribution is -2.34. The number of aromatic amines is 1. The third kappa shape index (κ3) is 3.20. The minimum absolute atomic E-state index is 0.679. The third-order valence-electron chi connectivity index (χ3n) is 5.03. The zero-order valence-electron chi connectivity index (χ0n) is 14.1. The zero-order valence-corrected chi connectivity index (χ0v) is 14.1. The molecule has 0 aliphatic carbocycles. The van der Waals surface area contributed by atoms with Gasteiger partial charge in [-0.15, -0.1) is 0 Å². The number of H-pyrrole nitrogens is 1. The maximum absolute atomic E-state index is 4.19. The van der Waals surface area contributed by atoms with Gasteiger partial charge >= 0.3 is 0 Å². The van der Waals surface area contributed by atoms with Gasteiger partial charge in [-0.1, -0.05) is 6.07 Å². The van der Waals surface area contributed by atoms with E-state index in [0.29, 0.717) is 6.04 Å². The lowest BCUT2D eigenvalue weighted by atomic mass is 10.1. The van der Waals surface area contributed by atoms with E-state index >= 15 is 0 Å². The van der Waals surface area contributed by atoms with Crippen molar-refractivity contribution in [1.82, 2.24) is 30.0 Å². The fraction of sp³-hybridized carbons (Fsp3) is 0.444. The van der Waals surface area contributed by atoms with Crippen LogP contribution in [-0.4, -0.2) is 57.4 Å². The molecular weight excluding hydrogens is 300 g/mol. The highest BCUT2D eigenvalue weighted by molar-refractivity contribution is 5.83. The third-order valence-corrected chi connectivity index (χ3v) is 5.03. The summed E-state index contributed by atoms with van der Waals surface area (Å²) in [5.74, 6) is 0. The number of nitrogens with one attached hydrogen (secondary N) is 2. The van der Waals surface area contributed by atoms with Crippen LogP contribution in [0.5, 0.6) is 0 Å². The van der Waals surface area contributed by atoms with Gasteiger partial charge in [0, 0.05) is 36.2 Å². The van der Waals surface area contributed by atoms with Crippen LogP contribution in [0.25, 0.3) is 10.9 Å². The largest absolute Gasteiger partial charge is 0.361 e. The Labute approximate surface area is 141 Å². The smallest absolute Gasteiger partial charge is 0.137 e. The van der Waals surface area contributed by atoms with E-state index < -0.39 is 0 Å². The summed E-state index contributed by atoms with van der Waals surface area (Å²) in [6, 6.07) is 7.27. The Morgan fingerprint density at radius 1 is 1.38 bits per heavy atom. The molecule has 1 saturated heterocycles. The maximum Gasteiger partial charge on any atom is 0.137 e. The second-order valence-electron chi connectivity index (χ2n) is 6.66. The zero-order chi connectivity index (χ0) is 16.4. The molecular formula is C18H24N6. The molecule has 6 heteroatoms. The molecule has 6 nitrogen and oxygen atoms in total. The minimum atomic E-state index is 0.679. The van der Waals surface area contributed by atoms with Crippen molar-refractivity contribution in [3.63, 3.8) is 0 Å². The molecule has 1 fully saturated rings. The summed E-state index contributed by atoms with van der Waals surface area (Å²) in [5.41, 5.74) is 3.85. The second kappa shape index (κ2) is 6.75. The number of hydrogen-bond donors (Lipinski definition) is 2. The number of benzene rings is 1. The molecule has 0 amide bonds. The molecule has 2 N–H and O–H groups in total. The first-order valence-corrected chi connectivity index (χ1v) is 8.62. The van der Waals surface area contributed by atoms with Crippen LogP contribution >= 0.6 is 0 Å². The highest BCUT2D eigenvalue weighted by atomic mass is 15.3. The Morgan fingerprint density at radius 2 is 2.33 bits per heavy atom. The maximum atomic E-state index is 4.19. The summed E-state index contributed by atoms with van der Waals surface area (Å²) in [7, 11) is 2.24. The van der Waals surface area contributed by atoms with E-state index in [1.165, 1.54) is 28.5 Å². The molecule has 1 unspecified atom stereocenters. The minimum Gasteiger partial charge on any atom is -0.361 e. The molecule has 0 spiro atoms. The fourth-order valence-electron chi connectivity index (χ4n) is 3.53. The Morgan fingerprint density at radius 3 is 3.12 bits per heavy atom. The van der Waals surface area contributed by atoms with E-state index in [2.05, 4.69) is 56.7 Å². The van der Waals surface area contributed by atoms with Crippen molar-refractivity contribution in [2.45, 2.75) is 25.4 Å². The van der Waals surface area contributed by atoms with Crippen LogP contribution in [0.2, 0.25) is 0 Å². The number of aromatic nitrogens is 4. The van der Waals surface area contributed by atoms with Crippen LogP contribution in [0.3, 0.4) is 0 Å². The quantitative estimate of drug-likeness (QED) is 0.724. The summed E-state index contributed by atoms with van der Waals surface area (Å²) >= 11 is 0. The van der Waals surface area contributed by atoms with Gasteiger partial charge in [0.05, 0.1) is 6.54 Å². The summed E-state index contributed by atoms with van der Waals surface area (Å²) in [6.45, 7) is 4.11. The number of likely N-dealkylation sites (N-methyl/N-ethyl adjacent to an activating group) is 1. The van der Waals surface area contributed by atoms with Crippen LogP contribution in [0.1, 0.15) is 17.5 Å². The van der Waals surface area contributed by atoms with Crippen LogP contribution in [0.4, 0.5) is 0 Å². The van der Waals surface area contributed by atoms with E-state index in [1.807, 2.05) is 4.68 Å². The van der Waals surface area contributed by atoms with Crippen molar-refractivity contribution in [2.75, 3.05) is 26.7 Å². The molecule has 0 saturated carbocycles. The van der Waals surface area contributed by atoms with Gasteiger partial charge in [0.15, 0.2) is 0 Å². The normalized spacial score (nSPS) is 18.0. The number of rotatable bonds is 6. The van der Waals surface area contributed by atoms with Crippen LogP contribution in [-0.2, 0) is 13.0 Å². The number of nitrogens with zero attached hydrogens (tertiary/aromatic N) is 4. The van der Waals surface area contributed by atoms with E-state index in [-0.39, 0.29) is 0 Å². The van der Waals surface area contributed by atoms with Crippen molar-refractivity contribution in [3.8, 4) is 0 Å². The lowest BCUT2D eigenvalue weighted by Gasteiger charge is -2.23. The molecule has 0 radical (unpaired) electrons. The topological polar surface area (TPSA) is 61.8 Å². The molecule has 3 aromatic rings. The van der Waals surface area contributed by atoms with Gasteiger partial charge in [-0.3, -0.25) is 0 Å². The van der Waals surface area contributed by atoms with Crippen LogP contribution in [0, 0.1) is 0 Å². The highest BCUT2D eigenvalue weighted by Crippen LogP contribution is 2.21. The van der Waals surface area contributed by atoms with E-state index in [9.17, 15) is 0 Å². The van der Waals surface area contributed by atoms with Crippen molar-refractivity contribution >= 4 is 10.9 Å². The Balaban J connectivity index is 1.48. The predicted molar refractivity (Wildman–Crippen MR) is 95.0 cm³/mol. The van der Waals surface area contributed by atoms with Crippen molar-refractivity contribution in [2.24, 2.45) is 0 Å². The van der Waals surface area contributed by atoms with Gasteiger partial charge in [-0.05, 0) is 49.7 Å². The average Bonchev–Trinajstić information content (AvgIpc) is 3.34. The molecule has 0 bridgehead atoms. The Kier molecular flexibility index (Phi) is 4.32. The monoisotopic (exact) mass is 324 g/mol. The van der Waals surface area contributed by atoms with Crippen molar-refractivity contribution in [3.05, 3.63) is 48.2 Å². The predicted octanol–water partition coefficient (Wildman–Crippen LogP) is 1.64. The van der Waals surface area contributed by atoms with Gasteiger partial charge in [-0.25, -0.2) is 9.67 Å². The standard InChI is InChI=1S/C18H24N6/c1-23(16-4-6-19-10-16)7-5-15-9-21-18-3-2-14(8-17(15)18)11-24-13-20-12-22-24/h2-3,8-9,12-13,16,19,21H,4-7,10-11H2,1H3. The first-order valence-electron chi connectivity index (χ1n) is 8.62. The van der Waals surface area contributed by atoms with E-state index in [4.69, 9.17) is 0 Å². The summed E-state index contributed by atoms with van der Waals surface area (Å²) in [4.78, 5) is 9.90. The van der Waals surface area contributed by atoms with Crippen molar-refractivity contribution in [1.29, 1.82) is 0 Å². The van der Waals surface area contributed by atoms with E-state index in [0.717, 1.165) is 32.6 Å². The van der Waals surface area contributed by atoms with Gasteiger partial charge in [-0.2, -0.15) is 5.10 Å². The Hall–Kier alpha value is -2.18. The molecule has 1 aliphatic rings. The SMILES string of the molecule is CN(CCc1c[nH]c2ccc(Cn3cncn3)cc12)C1CCNC1. The molecule has 1 aromatic carbocycles.